The Labute approximate surface area is 128 Å². The molecule has 3 heterocycles. The Balaban J connectivity index is 1.67. The van der Waals surface area contributed by atoms with Gasteiger partial charge in [-0.2, -0.15) is 5.10 Å². The summed E-state index contributed by atoms with van der Waals surface area (Å²) in [4.78, 5) is 20.0. The molecule has 1 aliphatic carbocycles. The normalized spacial score (nSPS) is 23.4. The molecule has 1 saturated carbocycles. The van der Waals surface area contributed by atoms with E-state index in [4.69, 9.17) is 9.72 Å². The first kappa shape index (κ1) is 13.9. The molecule has 0 aromatic carbocycles. The number of H-pyrrole nitrogens is 1. The van der Waals surface area contributed by atoms with Gasteiger partial charge >= 0.3 is 0 Å². The summed E-state index contributed by atoms with van der Waals surface area (Å²) in [5, 5.41) is 4.96. The second-order valence-corrected chi connectivity index (χ2v) is 6.56. The van der Waals surface area contributed by atoms with Crippen molar-refractivity contribution in [3.8, 4) is 0 Å². The highest BCUT2D eigenvalue weighted by Crippen LogP contribution is 2.26. The van der Waals surface area contributed by atoms with Crippen LogP contribution in [-0.4, -0.2) is 33.0 Å². The van der Waals surface area contributed by atoms with Gasteiger partial charge in [0.25, 0.3) is 5.56 Å². The van der Waals surface area contributed by atoms with Gasteiger partial charge in [-0.25, -0.2) is 9.67 Å². The second kappa shape index (κ2) is 5.83. The van der Waals surface area contributed by atoms with Crippen molar-refractivity contribution in [2.45, 2.75) is 51.0 Å². The topological polar surface area (TPSA) is 72.8 Å². The maximum absolute atomic E-state index is 12.3. The molecule has 118 valence electrons. The van der Waals surface area contributed by atoms with Crippen LogP contribution >= 0.6 is 0 Å². The van der Waals surface area contributed by atoms with Gasteiger partial charge < -0.3 is 9.72 Å². The highest BCUT2D eigenvalue weighted by Gasteiger charge is 2.22. The van der Waals surface area contributed by atoms with Gasteiger partial charge in [-0.1, -0.05) is 32.1 Å². The second-order valence-electron chi connectivity index (χ2n) is 6.56. The molecule has 0 bridgehead atoms. The molecule has 2 aromatic rings. The molecular formula is C16H22N4O2. The summed E-state index contributed by atoms with van der Waals surface area (Å²) >= 11 is 0. The van der Waals surface area contributed by atoms with Crippen molar-refractivity contribution < 1.29 is 4.74 Å². The molecule has 2 aliphatic rings. The number of ether oxygens (including phenoxy) is 1. The van der Waals surface area contributed by atoms with E-state index in [1.165, 1.54) is 32.1 Å². The van der Waals surface area contributed by atoms with Crippen molar-refractivity contribution in [3.05, 3.63) is 22.4 Å². The van der Waals surface area contributed by atoms with Crippen molar-refractivity contribution in [2.75, 3.05) is 13.2 Å². The summed E-state index contributed by atoms with van der Waals surface area (Å²) in [7, 11) is 0. The lowest BCUT2D eigenvalue weighted by Gasteiger charge is -2.20. The Hall–Kier alpha value is -1.69. The van der Waals surface area contributed by atoms with Crippen LogP contribution in [0.25, 0.3) is 11.0 Å². The van der Waals surface area contributed by atoms with Crippen LogP contribution in [0.15, 0.2) is 11.0 Å². The summed E-state index contributed by atoms with van der Waals surface area (Å²) in [6, 6.07) is 0.203. The predicted molar refractivity (Wildman–Crippen MR) is 82.9 cm³/mol. The summed E-state index contributed by atoms with van der Waals surface area (Å²) < 4.78 is 7.31. The first-order chi connectivity index (χ1) is 10.8. The molecule has 1 N–H and O–H groups in total. The fourth-order valence-electron chi connectivity index (χ4n) is 3.73. The van der Waals surface area contributed by atoms with E-state index in [0.717, 1.165) is 25.3 Å². The first-order valence-corrected chi connectivity index (χ1v) is 8.35. The van der Waals surface area contributed by atoms with E-state index >= 15 is 0 Å². The lowest BCUT2D eigenvalue weighted by atomic mass is 9.87. The average molecular weight is 302 g/mol. The Morgan fingerprint density at radius 1 is 1.27 bits per heavy atom. The molecule has 1 saturated heterocycles. The van der Waals surface area contributed by atoms with Gasteiger partial charge in [-0.15, -0.1) is 0 Å². The zero-order valence-electron chi connectivity index (χ0n) is 12.8. The van der Waals surface area contributed by atoms with Gasteiger partial charge in [-0.05, 0) is 12.3 Å². The van der Waals surface area contributed by atoms with Crippen LogP contribution in [0, 0.1) is 5.92 Å². The van der Waals surface area contributed by atoms with E-state index in [1.54, 1.807) is 6.20 Å². The van der Waals surface area contributed by atoms with Crippen LogP contribution in [0.5, 0.6) is 0 Å². The highest BCUT2D eigenvalue weighted by molar-refractivity contribution is 5.73. The van der Waals surface area contributed by atoms with Crippen molar-refractivity contribution >= 4 is 11.0 Å². The molecule has 6 heteroatoms. The molecule has 6 nitrogen and oxygen atoms in total. The lowest BCUT2D eigenvalue weighted by Crippen LogP contribution is -2.18. The quantitative estimate of drug-likeness (QED) is 0.943. The van der Waals surface area contributed by atoms with Crippen molar-refractivity contribution in [3.63, 3.8) is 0 Å². The predicted octanol–water partition coefficient (Wildman–Crippen LogP) is 2.20. The molecule has 4 rings (SSSR count). The Morgan fingerprint density at radius 3 is 2.91 bits per heavy atom. The molecule has 22 heavy (non-hydrogen) atoms. The van der Waals surface area contributed by atoms with Crippen molar-refractivity contribution in [1.29, 1.82) is 0 Å². The van der Waals surface area contributed by atoms with Crippen LogP contribution in [0.3, 0.4) is 0 Å². The van der Waals surface area contributed by atoms with E-state index in [-0.39, 0.29) is 11.6 Å². The van der Waals surface area contributed by atoms with Crippen LogP contribution in [0.1, 0.15) is 50.4 Å². The number of nitrogens with one attached hydrogen (secondary N) is 1. The summed E-state index contributed by atoms with van der Waals surface area (Å²) in [6.07, 6.45) is 9.87. The Bertz CT molecular complexity index is 708. The number of fused-ring (bicyclic) bond motifs is 1. The van der Waals surface area contributed by atoms with Crippen LogP contribution in [0.2, 0.25) is 0 Å². The summed E-state index contributed by atoms with van der Waals surface area (Å²) in [5.74, 6) is 1.46. The molecule has 1 unspecified atom stereocenters. The van der Waals surface area contributed by atoms with E-state index in [9.17, 15) is 4.79 Å². The number of aromatic nitrogens is 4. The van der Waals surface area contributed by atoms with Crippen LogP contribution < -0.4 is 5.56 Å². The third-order valence-corrected chi connectivity index (χ3v) is 4.97. The third-order valence-electron chi connectivity index (χ3n) is 4.97. The smallest absolute Gasteiger partial charge is 0.262 e. The largest absolute Gasteiger partial charge is 0.379 e. The zero-order chi connectivity index (χ0) is 14.9. The molecule has 2 fully saturated rings. The van der Waals surface area contributed by atoms with Crippen LogP contribution in [0.4, 0.5) is 0 Å². The third kappa shape index (κ3) is 2.56. The molecular weight excluding hydrogens is 280 g/mol. The standard InChI is InChI=1S/C16H22N4O2/c21-16-13-9-17-20(12-6-7-22-10-12)15(13)18-14(19-16)8-11-4-2-1-3-5-11/h9,11-12H,1-8,10H2,(H,18,19,21). The Kier molecular flexibility index (Phi) is 3.70. The SMILES string of the molecule is O=c1[nH]c(CC2CCCCC2)nc2c1cnn2C1CCOC1. The zero-order valence-corrected chi connectivity index (χ0v) is 12.8. The van der Waals surface area contributed by atoms with Crippen molar-refractivity contribution in [1.82, 2.24) is 19.7 Å². The van der Waals surface area contributed by atoms with Gasteiger partial charge in [0.2, 0.25) is 0 Å². The average Bonchev–Trinajstić information content (AvgIpc) is 3.17. The molecule has 0 radical (unpaired) electrons. The highest BCUT2D eigenvalue weighted by atomic mass is 16.5. The maximum atomic E-state index is 12.3. The fraction of sp³-hybridized carbons (Fsp3) is 0.688. The fourth-order valence-corrected chi connectivity index (χ4v) is 3.73. The number of hydrogen-bond acceptors (Lipinski definition) is 4. The van der Waals surface area contributed by atoms with Gasteiger partial charge in [0.05, 0.1) is 18.8 Å². The minimum absolute atomic E-state index is 0.0685. The summed E-state index contributed by atoms with van der Waals surface area (Å²) in [5.41, 5.74) is 0.644. The number of rotatable bonds is 3. The monoisotopic (exact) mass is 302 g/mol. The lowest BCUT2D eigenvalue weighted by molar-refractivity contribution is 0.185. The van der Waals surface area contributed by atoms with Gasteiger partial charge in [0.1, 0.15) is 11.2 Å². The number of nitrogens with zero attached hydrogens (tertiary/aromatic N) is 3. The van der Waals surface area contributed by atoms with E-state index < -0.39 is 0 Å². The molecule has 0 amide bonds. The molecule has 2 aromatic heterocycles. The molecule has 1 atom stereocenters. The molecule has 0 spiro atoms. The van der Waals surface area contributed by atoms with E-state index in [1.807, 2.05) is 4.68 Å². The molecule has 1 aliphatic heterocycles. The Morgan fingerprint density at radius 2 is 2.14 bits per heavy atom. The van der Waals surface area contributed by atoms with E-state index in [2.05, 4.69) is 10.1 Å². The van der Waals surface area contributed by atoms with Gasteiger partial charge in [-0.3, -0.25) is 4.79 Å². The van der Waals surface area contributed by atoms with E-state index in [0.29, 0.717) is 23.6 Å². The summed E-state index contributed by atoms with van der Waals surface area (Å²) in [6.45, 7) is 1.41. The number of aromatic amines is 1. The minimum atomic E-state index is -0.0685. The van der Waals surface area contributed by atoms with Crippen LogP contribution in [-0.2, 0) is 11.2 Å². The minimum Gasteiger partial charge on any atom is -0.379 e. The van der Waals surface area contributed by atoms with Crippen molar-refractivity contribution in [2.24, 2.45) is 5.92 Å². The van der Waals surface area contributed by atoms with Gasteiger partial charge in [0.15, 0.2) is 5.65 Å². The number of hydrogen-bond donors (Lipinski definition) is 1. The van der Waals surface area contributed by atoms with Gasteiger partial charge in [0, 0.05) is 13.0 Å². The maximum Gasteiger partial charge on any atom is 0.262 e. The first-order valence-electron chi connectivity index (χ1n) is 8.35.